The average Bonchev–Trinajstić information content (AvgIpc) is 2.14. The molecule has 1 aromatic rings. The van der Waals surface area contributed by atoms with Gasteiger partial charge < -0.3 is 0 Å². The van der Waals surface area contributed by atoms with E-state index in [9.17, 15) is 4.39 Å². The van der Waals surface area contributed by atoms with Crippen molar-refractivity contribution < 1.29 is 4.39 Å². The molecule has 0 aromatic heterocycles. The van der Waals surface area contributed by atoms with Crippen LogP contribution in [0.1, 0.15) is 32.3 Å². The molecular weight excluding hydrogens is 175 g/mol. The molecule has 0 N–H and O–H groups in total. The summed E-state index contributed by atoms with van der Waals surface area (Å²) in [5.41, 5.74) is 1.95. The summed E-state index contributed by atoms with van der Waals surface area (Å²) >= 11 is 0. The van der Waals surface area contributed by atoms with Crippen molar-refractivity contribution in [3.8, 4) is 0 Å². The Balaban J connectivity index is 2.61. The highest BCUT2D eigenvalue weighted by molar-refractivity contribution is 5.63. The van der Waals surface area contributed by atoms with Gasteiger partial charge in [-0.3, -0.25) is 0 Å². The third-order valence-corrected chi connectivity index (χ3v) is 2.26. The molecule has 1 rings (SSSR count). The zero-order valence-corrected chi connectivity index (χ0v) is 8.89. The molecule has 0 aliphatic carbocycles. The van der Waals surface area contributed by atoms with Crippen molar-refractivity contribution in [3.05, 3.63) is 42.2 Å². The summed E-state index contributed by atoms with van der Waals surface area (Å²) < 4.78 is 12.9. The molecule has 0 amide bonds. The Labute approximate surface area is 85.5 Å². The van der Waals surface area contributed by atoms with Crippen LogP contribution in [-0.2, 0) is 0 Å². The van der Waals surface area contributed by atoms with E-state index >= 15 is 0 Å². The predicted octanol–water partition coefficient (Wildman–Crippen LogP) is 4.28. The highest BCUT2D eigenvalue weighted by Crippen LogP contribution is 2.20. The maximum Gasteiger partial charge on any atom is 0.123 e. The summed E-state index contributed by atoms with van der Waals surface area (Å²) in [5.74, 6) is 0.480. The minimum absolute atomic E-state index is 0.187. The Morgan fingerprint density at radius 2 is 2.14 bits per heavy atom. The molecule has 1 heteroatoms. The zero-order chi connectivity index (χ0) is 10.6. The lowest BCUT2D eigenvalue weighted by atomic mass is 9.98. The Kier molecular flexibility index (Phi) is 3.87. The van der Waals surface area contributed by atoms with Gasteiger partial charge in [0.2, 0.25) is 0 Å². The van der Waals surface area contributed by atoms with E-state index in [4.69, 9.17) is 0 Å². The first-order valence-electron chi connectivity index (χ1n) is 5.03. The van der Waals surface area contributed by atoms with Gasteiger partial charge in [-0.15, -0.1) is 0 Å². The molecule has 14 heavy (non-hydrogen) atoms. The van der Waals surface area contributed by atoms with Gasteiger partial charge in [0, 0.05) is 0 Å². The van der Waals surface area contributed by atoms with E-state index in [1.54, 1.807) is 12.1 Å². The smallest absolute Gasteiger partial charge is 0.123 e. The molecule has 0 aliphatic rings. The maximum absolute atomic E-state index is 12.9. The van der Waals surface area contributed by atoms with E-state index in [1.807, 2.05) is 6.07 Å². The number of allylic oxidation sites excluding steroid dienone is 1. The van der Waals surface area contributed by atoms with Crippen molar-refractivity contribution in [2.75, 3.05) is 0 Å². The summed E-state index contributed by atoms with van der Waals surface area (Å²) in [7, 11) is 0. The molecule has 0 fully saturated rings. The molecule has 0 aliphatic heterocycles. The summed E-state index contributed by atoms with van der Waals surface area (Å²) in [4.78, 5) is 0. The van der Waals surface area contributed by atoms with Crippen LogP contribution in [0, 0.1) is 11.7 Å². The molecule has 0 radical (unpaired) electrons. The lowest BCUT2D eigenvalue weighted by molar-refractivity contribution is 0.598. The van der Waals surface area contributed by atoms with Gasteiger partial charge in [-0.1, -0.05) is 32.6 Å². The lowest BCUT2D eigenvalue weighted by Gasteiger charge is -2.07. The monoisotopic (exact) mass is 192 g/mol. The topological polar surface area (TPSA) is 0 Å². The van der Waals surface area contributed by atoms with Gasteiger partial charge >= 0.3 is 0 Å². The van der Waals surface area contributed by atoms with Gasteiger partial charge in [-0.2, -0.15) is 0 Å². The summed E-state index contributed by atoms with van der Waals surface area (Å²) in [5, 5.41) is 0. The van der Waals surface area contributed by atoms with E-state index in [0.717, 1.165) is 24.0 Å². The molecule has 0 bridgehead atoms. The minimum Gasteiger partial charge on any atom is -0.207 e. The normalized spacial score (nSPS) is 10.6. The van der Waals surface area contributed by atoms with Crippen molar-refractivity contribution in [1.29, 1.82) is 0 Å². The highest BCUT2D eigenvalue weighted by atomic mass is 19.1. The standard InChI is InChI=1S/C13H17F/c1-10(2)7-8-11(3)12-5-4-6-13(14)9-12/h4-6,9-10H,3,7-8H2,1-2H3. The quantitative estimate of drug-likeness (QED) is 0.668. The van der Waals surface area contributed by atoms with E-state index in [2.05, 4.69) is 20.4 Å². The van der Waals surface area contributed by atoms with Crippen LogP contribution in [-0.4, -0.2) is 0 Å². The molecule has 0 saturated carbocycles. The molecule has 0 heterocycles. The zero-order valence-electron chi connectivity index (χ0n) is 8.89. The largest absolute Gasteiger partial charge is 0.207 e. The first-order chi connectivity index (χ1) is 6.59. The number of benzene rings is 1. The second kappa shape index (κ2) is 4.94. The van der Waals surface area contributed by atoms with E-state index in [0.29, 0.717) is 5.92 Å². The lowest BCUT2D eigenvalue weighted by Crippen LogP contribution is -1.90. The van der Waals surface area contributed by atoms with Crippen LogP contribution in [0.5, 0.6) is 0 Å². The van der Waals surface area contributed by atoms with Gasteiger partial charge in [-0.05, 0) is 42.0 Å². The average molecular weight is 192 g/mol. The molecule has 0 nitrogen and oxygen atoms in total. The van der Waals surface area contributed by atoms with Gasteiger partial charge in [-0.25, -0.2) is 4.39 Å². The van der Waals surface area contributed by atoms with Crippen molar-refractivity contribution in [2.45, 2.75) is 26.7 Å². The summed E-state index contributed by atoms with van der Waals surface area (Å²) in [6, 6.07) is 6.64. The number of hydrogen-bond donors (Lipinski definition) is 0. The van der Waals surface area contributed by atoms with Gasteiger partial charge in [0.1, 0.15) is 5.82 Å². The van der Waals surface area contributed by atoms with Crippen molar-refractivity contribution in [2.24, 2.45) is 5.92 Å². The van der Waals surface area contributed by atoms with Crippen LogP contribution in [0.3, 0.4) is 0 Å². The second-order valence-corrected chi connectivity index (χ2v) is 4.05. The first-order valence-corrected chi connectivity index (χ1v) is 5.03. The highest BCUT2D eigenvalue weighted by Gasteiger charge is 2.01. The Morgan fingerprint density at radius 3 is 2.71 bits per heavy atom. The fourth-order valence-corrected chi connectivity index (χ4v) is 1.32. The SMILES string of the molecule is C=C(CCC(C)C)c1cccc(F)c1. The third-order valence-electron chi connectivity index (χ3n) is 2.26. The molecular formula is C13H17F. The van der Waals surface area contributed by atoms with Gasteiger partial charge in [0.05, 0.1) is 0 Å². The van der Waals surface area contributed by atoms with Crippen LogP contribution in [0.15, 0.2) is 30.8 Å². The number of halogens is 1. The fourth-order valence-electron chi connectivity index (χ4n) is 1.32. The Bertz CT molecular complexity index is 313. The van der Waals surface area contributed by atoms with Gasteiger partial charge in [0.25, 0.3) is 0 Å². The van der Waals surface area contributed by atoms with Crippen LogP contribution in [0.25, 0.3) is 5.57 Å². The van der Waals surface area contributed by atoms with E-state index < -0.39 is 0 Å². The molecule has 0 saturated heterocycles. The maximum atomic E-state index is 12.9. The molecule has 0 spiro atoms. The summed E-state index contributed by atoms with van der Waals surface area (Å²) in [6.45, 7) is 8.33. The van der Waals surface area contributed by atoms with Crippen LogP contribution < -0.4 is 0 Å². The first kappa shape index (κ1) is 11.0. The molecule has 1 aromatic carbocycles. The Hall–Kier alpha value is -1.11. The van der Waals surface area contributed by atoms with Crippen LogP contribution in [0.2, 0.25) is 0 Å². The third kappa shape index (κ3) is 3.33. The van der Waals surface area contributed by atoms with Crippen molar-refractivity contribution >= 4 is 5.57 Å². The molecule has 0 atom stereocenters. The molecule has 0 unspecified atom stereocenters. The van der Waals surface area contributed by atoms with Gasteiger partial charge in [0.15, 0.2) is 0 Å². The number of rotatable bonds is 4. The second-order valence-electron chi connectivity index (χ2n) is 4.05. The van der Waals surface area contributed by atoms with Crippen molar-refractivity contribution in [3.63, 3.8) is 0 Å². The predicted molar refractivity (Wildman–Crippen MR) is 59.5 cm³/mol. The minimum atomic E-state index is -0.187. The molecule has 76 valence electrons. The van der Waals surface area contributed by atoms with E-state index in [1.165, 1.54) is 6.07 Å². The Morgan fingerprint density at radius 1 is 1.43 bits per heavy atom. The number of hydrogen-bond acceptors (Lipinski definition) is 0. The summed E-state index contributed by atoms with van der Waals surface area (Å²) in [6.07, 6.45) is 2.05. The van der Waals surface area contributed by atoms with Crippen LogP contribution >= 0.6 is 0 Å². The fraction of sp³-hybridized carbons (Fsp3) is 0.385. The van der Waals surface area contributed by atoms with E-state index in [-0.39, 0.29) is 5.82 Å². The van der Waals surface area contributed by atoms with Crippen molar-refractivity contribution in [1.82, 2.24) is 0 Å². The van der Waals surface area contributed by atoms with Crippen LogP contribution in [0.4, 0.5) is 4.39 Å².